The molecule has 0 fully saturated rings. The molecule has 10 aromatic carbocycles. The van der Waals surface area contributed by atoms with E-state index in [-0.39, 0.29) is 33.9 Å². The normalized spacial score (nSPS) is 16.0. The van der Waals surface area contributed by atoms with Gasteiger partial charge in [0.05, 0.1) is 16.1 Å². The first-order valence-electron chi connectivity index (χ1n) is 31.1. The molecule has 12 aromatic rings. The third-order valence-corrected chi connectivity index (χ3v) is 22.9. The Kier molecular flexibility index (Phi) is 11.5. The predicted octanol–water partition coefficient (Wildman–Crippen LogP) is 22.2. The largest absolute Gasteiger partial charge is 0.376 e. The summed E-state index contributed by atoms with van der Waals surface area (Å²) in [5.74, 6) is 0. The van der Waals surface area contributed by atoms with Crippen LogP contribution in [0.4, 0.5) is 28.4 Å². The quantitative estimate of drug-likeness (QED) is 0.159. The van der Waals surface area contributed by atoms with Gasteiger partial charge in [0, 0.05) is 69.6 Å². The molecule has 0 radical (unpaired) electrons. The highest BCUT2D eigenvalue weighted by Crippen LogP contribution is 2.60. The molecule has 4 heterocycles. The second kappa shape index (κ2) is 18.5. The first kappa shape index (κ1) is 53.5. The van der Waals surface area contributed by atoms with Crippen molar-refractivity contribution in [2.45, 2.75) is 123 Å². The summed E-state index contributed by atoms with van der Waals surface area (Å²) in [6, 6.07) is 78.2. The van der Waals surface area contributed by atoms with Crippen LogP contribution in [0, 0.1) is 0 Å². The molecule has 5 heteroatoms. The highest BCUT2D eigenvalue weighted by Gasteiger charge is 2.50. The van der Waals surface area contributed by atoms with Crippen LogP contribution >= 0.6 is 22.7 Å². The molecule has 422 valence electrons. The molecule has 0 saturated heterocycles. The lowest BCUT2D eigenvalue weighted by molar-refractivity contribution is 0.331. The SMILES string of the molecule is CC(C)(C)c1ccc(N2B3c4cc5c(-c6ccccc6)sc(-c6ccccc6)c5cc4N(c4ccc(C(C)(C)C)cc4-c4ccccc4)c4c3c(cc3c4sc4ccccc43)-c3cc4c(cc32)C(C)(C)c2cc3c(cc2-4)C(C)(C)CCC3(C)C)cc1. The topological polar surface area (TPSA) is 6.48 Å². The Balaban J connectivity index is 1.09. The van der Waals surface area contributed by atoms with E-state index in [0.29, 0.717) is 0 Å². The Labute approximate surface area is 516 Å². The van der Waals surface area contributed by atoms with Gasteiger partial charge in [-0.1, -0.05) is 223 Å². The van der Waals surface area contributed by atoms with Crippen LogP contribution in [-0.4, -0.2) is 6.85 Å². The second-order valence-electron chi connectivity index (χ2n) is 29.1. The lowest BCUT2D eigenvalue weighted by Gasteiger charge is -2.46. The molecule has 0 N–H and O–H groups in total. The molecule has 2 nitrogen and oxygen atoms in total. The van der Waals surface area contributed by atoms with E-state index in [2.05, 4.69) is 293 Å². The molecular weight excluding hydrogens is 1080 g/mol. The summed E-state index contributed by atoms with van der Waals surface area (Å²) >= 11 is 3.89. The van der Waals surface area contributed by atoms with Crippen molar-refractivity contribution in [3.63, 3.8) is 0 Å². The number of fused-ring (bicyclic) bond motifs is 13. The van der Waals surface area contributed by atoms with Gasteiger partial charge >= 0.3 is 6.85 Å². The van der Waals surface area contributed by atoms with Crippen molar-refractivity contribution in [3.05, 3.63) is 234 Å². The highest BCUT2D eigenvalue weighted by molar-refractivity contribution is 7.26. The van der Waals surface area contributed by atoms with Crippen molar-refractivity contribution >= 4 is 99.8 Å². The van der Waals surface area contributed by atoms with E-state index in [1.54, 1.807) is 0 Å². The maximum Gasteiger partial charge on any atom is 0.333 e. The van der Waals surface area contributed by atoms with Gasteiger partial charge in [-0.15, -0.1) is 22.7 Å². The van der Waals surface area contributed by atoms with Gasteiger partial charge in [-0.2, -0.15) is 0 Å². The molecule has 0 amide bonds. The van der Waals surface area contributed by atoms with Crippen LogP contribution < -0.4 is 20.6 Å². The smallest absolute Gasteiger partial charge is 0.333 e. The molecule has 4 aliphatic rings. The van der Waals surface area contributed by atoms with E-state index in [9.17, 15) is 0 Å². The molecule has 0 unspecified atom stereocenters. The van der Waals surface area contributed by atoms with Crippen molar-refractivity contribution in [1.29, 1.82) is 0 Å². The van der Waals surface area contributed by atoms with Crippen molar-refractivity contribution in [2.75, 3.05) is 9.71 Å². The van der Waals surface area contributed by atoms with Gasteiger partial charge < -0.3 is 9.71 Å². The van der Waals surface area contributed by atoms with Crippen molar-refractivity contribution < 1.29 is 0 Å². The Morgan fingerprint density at radius 3 is 1.60 bits per heavy atom. The number of anilines is 5. The summed E-state index contributed by atoms with van der Waals surface area (Å²) in [7, 11) is 0. The maximum atomic E-state index is 2.79. The maximum absolute atomic E-state index is 2.79. The van der Waals surface area contributed by atoms with Gasteiger partial charge in [0.15, 0.2) is 0 Å². The van der Waals surface area contributed by atoms with Crippen LogP contribution in [0.2, 0.25) is 0 Å². The number of thiophene rings is 2. The zero-order valence-corrected chi connectivity index (χ0v) is 53.4. The van der Waals surface area contributed by atoms with E-state index < -0.39 is 0 Å². The Morgan fingerprint density at radius 2 is 0.965 bits per heavy atom. The van der Waals surface area contributed by atoms with Gasteiger partial charge in [0.25, 0.3) is 0 Å². The first-order chi connectivity index (χ1) is 41.2. The van der Waals surface area contributed by atoms with Crippen molar-refractivity contribution in [2.24, 2.45) is 0 Å². The third-order valence-electron chi connectivity index (χ3n) is 20.4. The van der Waals surface area contributed by atoms with E-state index in [1.165, 1.54) is 171 Å². The van der Waals surface area contributed by atoms with Gasteiger partial charge in [-0.3, -0.25) is 0 Å². The van der Waals surface area contributed by atoms with Crippen LogP contribution in [0.15, 0.2) is 200 Å². The van der Waals surface area contributed by atoms with Gasteiger partial charge in [-0.05, 0) is 173 Å². The molecule has 2 aromatic heterocycles. The molecule has 0 spiro atoms. The lowest BCUT2D eigenvalue weighted by Crippen LogP contribution is -2.61. The Morgan fingerprint density at radius 1 is 0.407 bits per heavy atom. The minimum atomic E-state index is -0.247. The number of hydrogen-bond donors (Lipinski definition) is 0. The zero-order valence-electron chi connectivity index (χ0n) is 51.8. The average molecular weight is 1150 g/mol. The standard InChI is InChI=1S/C81H73BN2S2/c1-77(2,3)51-32-35-53(36-33-51)84-69-47-64-56(57-43-65-66(46-63(57)81(64,11)12)80(9,10)39-38-79(65,7)8)41-58(69)59-42-60-54-30-22-23-31-71(54)85-76(60)73-72(59)82(84)67-44-61-62(75(50-28-20-15-21-29-50)86-74(61)49-26-18-14-19-27-49)45-70(67)83(73)68-37-34-52(78(4,5)6)40-55(68)48-24-16-13-17-25-48/h13-37,40-47H,38-39H2,1-12H3. The first-order valence-corrected chi connectivity index (χ1v) is 32.8. The van der Waals surface area contributed by atoms with Crippen LogP contribution in [0.3, 0.4) is 0 Å². The molecule has 0 atom stereocenters. The fraction of sp³-hybridized carbons (Fsp3) is 0.235. The zero-order chi connectivity index (χ0) is 59.1. The van der Waals surface area contributed by atoms with Gasteiger partial charge in [-0.25, -0.2) is 0 Å². The molecule has 2 aliphatic heterocycles. The minimum Gasteiger partial charge on any atom is -0.376 e. The van der Waals surface area contributed by atoms with Crippen molar-refractivity contribution in [1.82, 2.24) is 0 Å². The van der Waals surface area contributed by atoms with Gasteiger partial charge in [0.2, 0.25) is 0 Å². The van der Waals surface area contributed by atoms with E-state index in [4.69, 9.17) is 0 Å². The number of nitrogens with zero attached hydrogens (tertiary/aromatic N) is 2. The van der Waals surface area contributed by atoms with E-state index >= 15 is 0 Å². The lowest BCUT2D eigenvalue weighted by atomic mass is 9.43. The minimum absolute atomic E-state index is 0.0183. The number of hydrogen-bond acceptors (Lipinski definition) is 4. The number of benzene rings is 10. The highest BCUT2D eigenvalue weighted by atomic mass is 32.1. The molecule has 86 heavy (non-hydrogen) atoms. The van der Waals surface area contributed by atoms with Crippen molar-refractivity contribution in [3.8, 4) is 54.3 Å². The van der Waals surface area contributed by atoms with Crippen LogP contribution in [0.1, 0.15) is 129 Å². The molecule has 0 bridgehead atoms. The summed E-state index contributed by atoms with van der Waals surface area (Å²) in [4.78, 5) is 8.12. The van der Waals surface area contributed by atoms with Crippen LogP contribution in [0.25, 0.3) is 85.2 Å². The summed E-state index contributed by atoms with van der Waals surface area (Å²) in [5.41, 5.74) is 27.4. The fourth-order valence-corrected chi connectivity index (χ4v) is 17.9. The predicted molar refractivity (Wildman–Crippen MR) is 375 cm³/mol. The molecular formula is C81H73BN2S2. The molecule has 16 rings (SSSR count). The summed E-state index contributed by atoms with van der Waals surface area (Å²) in [6.07, 6.45) is 2.37. The number of rotatable bonds is 5. The molecule has 2 aliphatic carbocycles. The van der Waals surface area contributed by atoms with Crippen LogP contribution in [0.5, 0.6) is 0 Å². The third kappa shape index (κ3) is 7.89. The second-order valence-corrected chi connectivity index (χ2v) is 31.2. The summed E-state index contributed by atoms with van der Waals surface area (Å²) in [6.45, 7) is 28.8. The van der Waals surface area contributed by atoms with E-state index in [0.717, 1.165) is 0 Å². The summed E-state index contributed by atoms with van der Waals surface area (Å²) in [5, 5.41) is 5.16. The monoisotopic (exact) mass is 1150 g/mol. The summed E-state index contributed by atoms with van der Waals surface area (Å²) < 4.78 is 2.62. The Bertz CT molecular complexity index is 4800. The van der Waals surface area contributed by atoms with Gasteiger partial charge in [0.1, 0.15) is 0 Å². The average Bonchev–Trinajstić information content (AvgIpc) is 1.21. The molecule has 0 saturated carbocycles. The van der Waals surface area contributed by atoms with Crippen LogP contribution in [-0.2, 0) is 27.1 Å². The van der Waals surface area contributed by atoms with E-state index in [1.807, 2.05) is 22.7 Å². The Hall–Kier alpha value is -7.96. The fourth-order valence-electron chi connectivity index (χ4n) is 15.4.